The average molecular weight is 1540 g/mol. The number of rotatable bonds is 24. The van der Waals surface area contributed by atoms with Gasteiger partial charge >= 0.3 is 35.4 Å². The zero-order chi connectivity index (χ0) is 77.3. The fraction of sp³-hybridized carbons (Fsp3) is 0.292. The van der Waals surface area contributed by atoms with Crippen molar-refractivity contribution in [3.8, 4) is 62.5 Å². The number of piperidine rings is 1. The molecule has 1 aromatic heterocycles. The number of carbonyl (C=O) groups excluding carboxylic acids is 4. The fourth-order valence-electron chi connectivity index (χ4n) is 13.4. The minimum atomic E-state index is -5.73. The summed E-state index contributed by atoms with van der Waals surface area (Å²) in [7, 11) is -9.20. The van der Waals surface area contributed by atoms with Crippen LogP contribution in [0.5, 0.6) is 5.75 Å². The molecule has 4 atom stereocenters. The van der Waals surface area contributed by atoms with Crippen LogP contribution in [0.25, 0.3) is 66.8 Å². The van der Waals surface area contributed by atoms with Gasteiger partial charge in [0.15, 0.2) is 5.43 Å². The Kier molecular flexibility index (Phi) is 22.2. The Morgan fingerprint density at radius 2 is 1.38 bits per heavy atom. The number of amidine groups is 1. The molecular formula is C72H74N10O23P3+. The number of aromatic hydroxyl groups is 1. The number of phosphoric ester groups is 1. The van der Waals surface area contributed by atoms with Crippen LogP contribution in [-0.2, 0) is 41.2 Å². The molecule has 2 fully saturated rings. The van der Waals surface area contributed by atoms with Crippen LogP contribution in [0.4, 0.5) is 11.5 Å². The van der Waals surface area contributed by atoms with Crippen LogP contribution in [0, 0.1) is 11.8 Å². The van der Waals surface area contributed by atoms with Crippen molar-refractivity contribution >= 4 is 98.3 Å². The largest absolute Gasteiger partial charge is 0.508 e. The fourth-order valence-corrected chi connectivity index (χ4v) is 16.4. The van der Waals surface area contributed by atoms with E-state index in [1.54, 1.807) is 22.9 Å². The van der Waals surface area contributed by atoms with E-state index in [9.17, 15) is 72.4 Å². The lowest BCUT2D eigenvalue weighted by atomic mass is 9.85. The van der Waals surface area contributed by atoms with Crippen molar-refractivity contribution in [1.29, 1.82) is 0 Å². The molecule has 4 amide bonds. The van der Waals surface area contributed by atoms with E-state index in [2.05, 4.69) is 46.7 Å². The standard InChI is InChI=1S/C72H73N10O23P3/c1-79(2)43-13-20-50-56(33-43)102-57-34-44(80(3)4)14-21-51(57)63(50)48-18-11-40(31-54(48)69(88)89)67(86)78-72(25-29-81(30-26-72)68(87)41-12-19-49(55(32-41)70(90)91)64-52-22-15-45(83)35-58(52)103-59-36-46(84)16-23-53(59)64)71(92)75-27-7-5-6-10-60(85)74-28-8-9-42-37-82(66-62(42)65(73)76-39-77-66)61-24-17-47(101-61)38-100-107(96,97)105-108(98,99)104-106(93,94)95/h11-16,18-23,31-37,47,61H,5-7,10,17,24-30,38-39H2,1-4H3,(H12-,73,74,75,76,77,78,83,84,85,86,88,89,90,91,92,93,94,95,96,97,98,99)/p+1. The zero-order valence-corrected chi connectivity index (χ0v) is 61.0. The molecule has 12 rings (SSSR count). The van der Waals surface area contributed by atoms with E-state index >= 15 is 0 Å². The Hall–Kier alpha value is -10.8. The van der Waals surface area contributed by atoms with Gasteiger partial charge in [0.1, 0.15) is 72.6 Å². The van der Waals surface area contributed by atoms with Crippen molar-refractivity contribution in [2.75, 3.05) is 77.9 Å². The number of benzene rings is 6. The van der Waals surface area contributed by atoms with Gasteiger partial charge in [0, 0.05) is 120 Å². The van der Waals surface area contributed by atoms with E-state index in [4.69, 9.17) is 33.6 Å². The lowest BCUT2D eigenvalue weighted by molar-refractivity contribution is -0.129. The first-order valence-corrected chi connectivity index (χ1v) is 38.3. The normalized spacial score (nSPS) is 16.6. The van der Waals surface area contributed by atoms with Crippen molar-refractivity contribution in [2.24, 2.45) is 10.7 Å². The Labute approximate surface area is 614 Å². The number of fused-ring (bicyclic) bond motifs is 5. The summed E-state index contributed by atoms with van der Waals surface area (Å²) in [5.74, 6) is 1.97. The van der Waals surface area contributed by atoms with Gasteiger partial charge in [-0.2, -0.15) is 8.62 Å². The molecule has 0 bridgehead atoms. The summed E-state index contributed by atoms with van der Waals surface area (Å²) in [5, 5.41) is 45.7. The summed E-state index contributed by atoms with van der Waals surface area (Å²) < 4.78 is 69.5. The van der Waals surface area contributed by atoms with Gasteiger partial charge < -0.3 is 89.8 Å². The van der Waals surface area contributed by atoms with Gasteiger partial charge in [-0.25, -0.2) is 32.9 Å². The first kappa shape index (κ1) is 76.8. The number of carboxylic acids is 2. The van der Waals surface area contributed by atoms with E-state index in [1.807, 2.05) is 74.1 Å². The molecule has 4 aromatic carbocycles. The molecular weight excluding hydrogens is 1470 g/mol. The Morgan fingerprint density at radius 1 is 0.741 bits per heavy atom. The number of nitrogens with zero attached hydrogens (tertiary/aromatic N) is 5. The number of anilines is 2. The summed E-state index contributed by atoms with van der Waals surface area (Å²) >= 11 is 0. The molecule has 0 saturated carbocycles. The molecule has 0 radical (unpaired) electrons. The number of phenolic OH excluding ortho intramolecular Hbond substituents is 1. The van der Waals surface area contributed by atoms with E-state index in [0.717, 1.165) is 11.0 Å². The maximum atomic E-state index is 14.8. The number of aromatic carboxylic acids is 2. The Morgan fingerprint density at radius 3 is 2.05 bits per heavy atom. The van der Waals surface area contributed by atoms with Gasteiger partial charge in [0.25, 0.3) is 11.8 Å². The smallest absolute Gasteiger partial charge is 0.490 e. The highest BCUT2D eigenvalue weighted by atomic mass is 31.3. The maximum Gasteiger partial charge on any atom is 0.490 e. The van der Waals surface area contributed by atoms with Crippen LogP contribution in [0.15, 0.2) is 134 Å². The number of amides is 4. The molecule has 564 valence electrons. The number of unbranched alkanes of at least 4 members (excludes halogenated alkanes) is 2. The van der Waals surface area contributed by atoms with Gasteiger partial charge in [0.2, 0.25) is 17.2 Å². The van der Waals surface area contributed by atoms with E-state index in [-0.39, 0.29) is 126 Å². The second-order valence-corrected chi connectivity index (χ2v) is 30.7. The number of aromatic nitrogens is 1. The molecule has 7 aliphatic rings. The number of nitrogens with one attached hydrogen (secondary N) is 4. The SMILES string of the molecule is CN(C)c1ccc2c(-c3ccc(C(=O)NC4(C(=O)NCCCCCC(=O)NCC#Cc5cn(C6CCC(COP(=O)(O)OP(=O)(O)OP(=O)(O)O)O6)c6c5C(N)=NCN6)CCN(C(=O)c5ccc(-c6c7ccc(=O)cc-7oc7cc(O)ccc67)c(C(=O)O)c5)CC4)cc3C(=O)O)c3ccc(=[N+](C)C)cc-3oc2c1. The second-order valence-electron chi connectivity index (χ2n) is 26.3. The van der Waals surface area contributed by atoms with Gasteiger partial charge in [-0.1, -0.05) is 30.4 Å². The number of likely N-dealkylation sites (tertiary alicyclic amines) is 1. The van der Waals surface area contributed by atoms with Crippen LogP contribution in [0.2, 0.25) is 0 Å². The summed E-state index contributed by atoms with van der Waals surface area (Å²) in [6.45, 7) is -0.779. The third-order valence-corrected chi connectivity index (χ3v) is 22.4. The summed E-state index contributed by atoms with van der Waals surface area (Å²) in [5.41, 5.74) is 8.33. The van der Waals surface area contributed by atoms with Gasteiger partial charge in [-0.3, -0.25) is 28.5 Å². The van der Waals surface area contributed by atoms with Crippen molar-refractivity contribution in [2.45, 2.75) is 69.2 Å². The zero-order valence-electron chi connectivity index (χ0n) is 58.3. The molecule has 33 nitrogen and oxygen atoms in total. The highest BCUT2D eigenvalue weighted by Crippen LogP contribution is 2.66. The van der Waals surface area contributed by atoms with Crippen molar-refractivity contribution in [3.05, 3.63) is 164 Å². The van der Waals surface area contributed by atoms with E-state index < -0.39 is 77.6 Å². The van der Waals surface area contributed by atoms with Crippen LogP contribution >= 0.6 is 23.5 Å². The van der Waals surface area contributed by atoms with Gasteiger partial charge in [0.05, 0.1) is 47.6 Å². The molecule has 0 spiro atoms. The predicted molar refractivity (Wildman–Crippen MR) is 393 cm³/mol. The highest BCUT2D eigenvalue weighted by molar-refractivity contribution is 7.66. The molecule has 6 heterocycles. The number of aliphatic imine (C=N–C) groups is 1. The maximum absolute atomic E-state index is 14.8. The molecule has 4 unspecified atom stereocenters. The first-order valence-electron chi connectivity index (χ1n) is 33.8. The van der Waals surface area contributed by atoms with E-state index in [1.165, 1.54) is 65.6 Å². The molecule has 5 aromatic rings. The summed E-state index contributed by atoms with van der Waals surface area (Å²) in [6, 6.07) is 28.0. The molecule has 36 heteroatoms. The number of hydrogen-bond acceptors (Lipinski definition) is 21. The minimum Gasteiger partial charge on any atom is -0.508 e. The lowest BCUT2D eigenvalue weighted by Gasteiger charge is -2.41. The third kappa shape index (κ3) is 16.9. The van der Waals surface area contributed by atoms with E-state index in [0.29, 0.717) is 87.0 Å². The van der Waals surface area contributed by atoms with Crippen molar-refractivity contribution < 1.29 is 104 Å². The number of nitrogens with two attached hydrogens (primary N) is 1. The molecule has 108 heavy (non-hydrogen) atoms. The number of carboxylic acid groups (broad SMARTS) is 2. The number of hydrogen-bond donors (Lipinski definition) is 12. The number of phosphoric acid groups is 3. The summed E-state index contributed by atoms with van der Waals surface area (Å²) in [6.07, 6.45) is 1.62. The number of ether oxygens (including phenoxy) is 1. The van der Waals surface area contributed by atoms with Crippen molar-refractivity contribution in [3.63, 3.8) is 0 Å². The molecule has 2 saturated heterocycles. The topological polar surface area (TPSA) is 476 Å². The lowest BCUT2D eigenvalue weighted by Crippen LogP contribution is -2.63. The van der Waals surface area contributed by atoms with Crippen LogP contribution in [0.1, 0.15) is 110 Å². The van der Waals surface area contributed by atoms with Gasteiger partial charge in [-0.15, -0.1) is 0 Å². The van der Waals surface area contributed by atoms with Gasteiger partial charge in [-0.05, 0) is 116 Å². The molecule has 2 aliphatic carbocycles. The van der Waals surface area contributed by atoms with Crippen LogP contribution in [0.3, 0.4) is 0 Å². The van der Waals surface area contributed by atoms with Crippen molar-refractivity contribution in [1.82, 2.24) is 30.0 Å². The number of carbonyl (C=O) groups is 6. The van der Waals surface area contributed by atoms with Crippen LogP contribution in [-0.4, -0.2) is 165 Å². The predicted octanol–water partition coefficient (Wildman–Crippen LogP) is 7.44. The highest BCUT2D eigenvalue weighted by Gasteiger charge is 2.45. The third-order valence-electron chi connectivity index (χ3n) is 18.6. The Bertz CT molecular complexity index is 5470. The monoisotopic (exact) mass is 1540 g/mol. The average Bonchev–Trinajstić information content (AvgIpc) is 0.762. The van der Waals surface area contributed by atoms with Crippen LogP contribution < -0.4 is 47.3 Å². The summed E-state index contributed by atoms with van der Waals surface area (Å²) in [4.78, 5) is 141. The Balaban J connectivity index is 0.727. The first-order chi connectivity index (χ1) is 51.2. The second kappa shape index (κ2) is 31.2. The minimum absolute atomic E-state index is 0.0118. The quantitative estimate of drug-likeness (QED) is 0.00918. The molecule has 5 aliphatic heterocycles. The molecule has 13 N–H and O–H groups in total. The number of phenols is 1.